The first kappa shape index (κ1) is 18.3. The van der Waals surface area contributed by atoms with E-state index in [2.05, 4.69) is 20.2 Å². The Bertz CT molecular complexity index is 1080. The van der Waals surface area contributed by atoms with E-state index in [1.807, 2.05) is 6.92 Å². The average molecular weight is 369 g/mol. The van der Waals surface area contributed by atoms with Gasteiger partial charge < -0.3 is 14.3 Å². The predicted octanol–water partition coefficient (Wildman–Crippen LogP) is 1.26. The largest absolute Gasteiger partial charge is 0.423 e. The number of hydrogen-bond acceptors (Lipinski definition) is 6. The first-order valence-electron chi connectivity index (χ1n) is 8.39. The first-order chi connectivity index (χ1) is 12.9. The third-order valence-corrected chi connectivity index (χ3v) is 4.08. The summed E-state index contributed by atoms with van der Waals surface area (Å²) in [7, 11) is 1.64. The van der Waals surface area contributed by atoms with E-state index in [4.69, 9.17) is 4.42 Å². The van der Waals surface area contributed by atoms with Gasteiger partial charge in [-0.2, -0.15) is 0 Å². The minimum Gasteiger partial charge on any atom is -0.423 e. The molecule has 9 nitrogen and oxygen atoms in total. The number of hydrogen-bond donors (Lipinski definition) is 2. The number of benzene rings is 1. The Labute approximate surface area is 154 Å². The molecule has 2 N–H and O–H groups in total. The summed E-state index contributed by atoms with van der Waals surface area (Å²) in [6.07, 6.45) is 0.634. The number of nitrogens with zero attached hydrogens (tertiary/aromatic N) is 3. The third-order valence-electron chi connectivity index (χ3n) is 4.08. The third kappa shape index (κ3) is 3.86. The molecule has 2 heterocycles. The highest BCUT2D eigenvalue weighted by atomic mass is 16.4. The molecule has 0 spiro atoms. The summed E-state index contributed by atoms with van der Waals surface area (Å²) in [5.41, 5.74) is 0.851. The second kappa shape index (κ2) is 7.40. The standard InChI is InChI=1S/C18H19N5O4/c1-4-13-21-22-14(27-13)9-23(3)17(25)12-7-5-11(6-8-12)15-10(2)19-18(26)20-16(15)24/h5-8H,4,9H2,1-3H3,(H2,19,20,24,26). The summed E-state index contributed by atoms with van der Waals surface area (Å²) in [5.74, 6) is 0.677. The Hall–Kier alpha value is -3.49. The predicted molar refractivity (Wildman–Crippen MR) is 97.3 cm³/mol. The van der Waals surface area contributed by atoms with Crippen LogP contribution in [0.5, 0.6) is 0 Å². The van der Waals surface area contributed by atoms with Crippen molar-refractivity contribution in [3.63, 3.8) is 0 Å². The normalized spacial score (nSPS) is 10.8. The quantitative estimate of drug-likeness (QED) is 0.697. The van der Waals surface area contributed by atoms with Crippen LogP contribution in [0.1, 0.15) is 34.8 Å². The molecule has 0 saturated carbocycles. The van der Waals surface area contributed by atoms with E-state index < -0.39 is 11.2 Å². The molecule has 2 aromatic heterocycles. The van der Waals surface area contributed by atoms with E-state index in [0.717, 1.165) is 0 Å². The maximum Gasteiger partial charge on any atom is 0.325 e. The van der Waals surface area contributed by atoms with Gasteiger partial charge in [0.15, 0.2) is 0 Å². The number of nitrogens with one attached hydrogen (secondary N) is 2. The molecular weight excluding hydrogens is 350 g/mol. The van der Waals surface area contributed by atoms with Crippen LogP contribution in [-0.2, 0) is 13.0 Å². The summed E-state index contributed by atoms with van der Waals surface area (Å²) >= 11 is 0. The number of carbonyl (C=O) groups excluding carboxylic acids is 1. The highest BCUT2D eigenvalue weighted by molar-refractivity contribution is 5.94. The number of H-pyrrole nitrogens is 2. The van der Waals surface area contributed by atoms with Gasteiger partial charge in [0.1, 0.15) is 0 Å². The molecule has 140 valence electrons. The van der Waals surface area contributed by atoms with Gasteiger partial charge in [-0.1, -0.05) is 19.1 Å². The van der Waals surface area contributed by atoms with E-state index in [1.165, 1.54) is 4.90 Å². The molecule has 27 heavy (non-hydrogen) atoms. The van der Waals surface area contributed by atoms with Gasteiger partial charge in [-0.05, 0) is 24.6 Å². The number of aromatic amines is 2. The number of aryl methyl sites for hydroxylation is 2. The molecule has 3 aromatic rings. The first-order valence-corrected chi connectivity index (χ1v) is 8.39. The van der Waals surface area contributed by atoms with Crippen molar-refractivity contribution < 1.29 is 9.21 Å². The maximum atomic E-state index is 12.6. The Morgan fingerprint density at radius 1 is 1.11 bits per heavy atom. The lowest BCUT2D eigenvalue weighted by Crippen LogP contribution is -2.26. The van der Waals surface area contributed by atoms with Crippen molar-refractivity contribution >= 4 is 5.91 Å². The van der Waals surface area contributed by atoms with Crippen LogP contribution < -0.4 is 11.2 Å². The molecule has 3 rings (SSSR count). The summed E-state index contributed by atoms with van der Waals surface area (Å²) in [5, 5.41) is 7.78. The van der Waals surface area contributed by atoms with E-state index >= 15 is 0 Å². The number of amides is 1. The van der Waals surface area contributed by atoms with E-state index in [1.54, 1.807) is 38.2 Å². The van der Waals surface area contributed by atoms with Crippen molar-refractivity contribution in [2.24, 2.45) is 0 Å². The van der Waals surface area contributed by atoms with Crippen LogP contribution >= 0.6 is 0 Å². The second-order valence-corrected chi connectivity index (χ2v) is 6.09. The number of carbonyl (C=O) groups is 1. The van der Waals surface area contributed by atoms with Gasteiger partial charge in [-0.25, -0.2) is 4.79 Å². The topological polar surface area (TPSA) is 125 Å². The average Bonchev–Trinajstić information content (AvgIpc) is 3.08. The van der Waals surface area contributed by atoms with Crippen LogP contribution in [0.4, 0.5) is 0 Å². The monoisotopic (exact) mass is 369 g/mol. The molecule has 0 atom stereocenters. The van der Waals surface area contributed by atoms with Crippen LogP contribution in [0.3, 0.4) is 0 Å². The molecule has 0 saturated heterocycles. The summed E-state index contributed by atoms with van der Waals surface area (Å²) < 4.78 is 5.42. The van der Waals surface area contributed by atoms with E-state index in [-0.39, 0.29) is 12.5 Å². The van der Waals surface area contributed by atoms with Crippen molar-refractivity contribution in [2.75, 3.05) is 7.05 Å². The molecule has 0 bridgehead atoms. The van der Waals surface area contributed by atoms with Gasteiger partial charge in [0, 0.05) is 24.7 Å². The zero-order valence-corrected chi connectivity index (χ0v) is 15.2. The Kier molecular flexibility index (Phi) is 5.02. The lowest BCUT2D eigenvalue weighted by molar-refractivity contribution is 0.0772. The maximum absolute atomic E-state index is 12.6. The van der Waals surface area contributed by atoms with Crippen molar-refractivity contribution in [2.45, 2.75) is 26.8 Å². The minimum atomic E-state index is -0.554. The highest BCUT2D eigenvalue weighted by Gasteiger charge is 2.16. The van der Waals surface area contributed by atoms with Crippen LogP contribution in [0.15, 0.2) is 38.3 Å². The zero-order valence-electron chi connectivity index (χ0n) is 15.2. The molecule has 1 aromatic carbocycles. The fraction of sp³-hybridized carbons (Fsp3) is 0.278. The summed E-state index contributed by atoms with van der Waals surface area (Å²) in [4.78, 5) is 42.2. The SMILES string of the molecule is CCc1nnc(CN(C)C(=O)c2ccc(-c3c(C)[nH]c(=O)[nH]c3=O)cc2)o1. The molecule has 0 fully saturated rings. The lowest BCUT2D eigenvalue weighted by atomic mass is 10.0. The summed E-state index contributed by atoms with van der Waals surface area (Å²) in [6.45, 7) is 3.75. The van der Waals surface area contributed by atoms with Crippen molar-refractivity contribution in [1.82, 2.24) is 25.1 Å². The zero-order chi connectivity index (χ0) is 19.6. The van der Waals surface area contributed by atoms with Crippen LogP contribution in [0.2, 0.25) is 0 Å². The van der Waals surface area contributed by atoms with Crippen molar-refractivity contribution in [3.05, 3.63) is 68.1 Å². The minimum absolute atomic E-state index is 0.201. The Balaban J connectivity index is 1.79. The lowest BCUT2D eigenvalue weighted by Gasteiger charge is -2.15. The fourth-order valence-electron chi connectivity index (χ4n) is 2.72. The molecule has 0 radical (unpaired) electrons. The Morgan fingerprint density at radius 2 is 1.78 bits per heavy atom. The van der Waals surface area contributed by atoms with Gasteiger partial charge in [-0.15, -0.1) is 10.2 Å². The van der Waals surface area contributed by atoms with Crippen LogP contribution in [0, 0.1) is 6.92 Å². The van der Waals surface area contributed by atoms with E-state index in [0.29, 0.717) is 40.6 Å². The molecular formula is C18H19N5O4. The van der Waals surface area contributed by atoms with E-state index in [9.17, 15) is 14.4 Å². The van der Waals surface area contributed by atoms with Crippen molar-refractivity contribution in [3.8, 4) is 11.1 Å². The van der Waals surface area contributed by atoms with Crippen molar-refractivity contribution in [1.29, 1.82) is 0 Å². The molecule has 0 aliphatic carbocycles. The molecule has 0 aliphatic heterocycles. The number of aromatic nitrogens is 4. The highest BCUT2D eigenvalue weighted by Crippen LogP contribution is 2.18. The smallest absolute Gasteiger partial charge is 0.325 e. The van der Waals surface area contributed by atoms with Gasteiger partial charge in [0.05, 0.1) is 12.1 Å². The second-order valence-electron chi connectivity index (χ2n) is 6.09. The van der Waals surface area contributed by atoms with Crippen LogP contribution in [0.25, 0.3) is 11.1 Å². The Morgan fingerprint density at radius 3 is 2.37 bits per heavy atom. The van der Waals surface area contributed by atoms with Gasteiger partial charge in [-0.3, -0.25) is 14.6 Å². The molecule has 0 unspecified atom stereocenters. The fourth-order valence-corrected chi connectivity index (χ4v) is 2.72. The van der Waals surface area contributed by atoms with Gasteiger partial charge in [0.25, 0.3) is 11.5 Å². The van der Waals surface area contributed by atoms with Gasteiger partial charge >= 0.3 is 5.69 Å². The van der Waals surface area contributed by atoms with Crippen LogP contribution in [-0.4, -0.2) is 38.0 Å². The molecule has 9 heteroatoms. The van der Waals surface area contributed by atoms with Gasteiger partial charge in [0.2, 0.25) is 11.8 Å². The number of rotatable bonds is 5. The summed E-state index contributed by atoms with van der Waals surface area (Å²) in [6, 6.07) is 6.59. The molecule has 1 amide bonds. The molecule has 0 aliphatic rings.